The first-order valence-electron chi connectivity index (χ1n) is 11.1. The second-order valence-corrected chi connectivity index (χ2v) is 10.1. The number of thioether (sulfide) groups is 1. The molecule has 4 aromatic rings. The smallest absolute Gasteiger partial charge is 0.293 e. The lowest BCUT2D eigenvalue weighted by Crippen LogP contribution is -2.27. The van der Waals surface area contributed by atoms with E-state index in [9.17, 15) is 14.9 Å². The van der Waals surface area contributed by atoms with Crippen molar-refractivity contribution in [2.45, 2.75) is 20.0 Å². The molecule has 0 radical (unpaired) electrons. The average Bonchev–Trinajstić information content (AvgIpc) is 3.29. The number of nitriles is 1. The molecular formula is C28H19Cl2N3O2S. The topological polar surface area (TPSA) is 66.1 Å². The van der Waals surface area contributed by atoms with Gasteiger partial charge in [0.1, 0.15) is 0 Å². The Morgan fingerprint density at radius 2 is 1.64 bits per heavy atom. The quantitative estimate of drug-likeness (QED) is 0.251. The fraction of sp³-hybridized carbons (Fsp3) is 0.107. The summed E-state index contributed by atoms with van der Waals surface area (Å²) in [5.74, 6) is -0.382. The molecule has 0 bridgehead atoms. The van der Waals surface area contributed by atoms with E-state index in [0.29, 0.717) is 32.6 Å². The lowest BCUT2D eigenvalue weighted by atomic mass is 10.1. The number of aromatic nitrogens is 1. The molecule has 0 saturated carbocycles. The van der Waals surface area contributed by atoms with Crippen molar-refractivity contribution in [3.63, 3.8) is 0 Å². The predicted molar refractivity (Wildman–Crippen MR) is 145 cm³/mol. The Labute approximate surface area is 222 Å². The molecule has 0 unspecified atom stereocenters. The highest BCUT2D eigenvalue weighted by molar-refractivity contribution is 8.18. The highest BCUT2D eigenvalue weighted by Gasteiger charge is 2.36. The summed E-state index contributed by atoms with van der Waals surface area (Å²) in [5, 5.41) is 10.9. The number of halogens is 2. The van der Waals surface area contributed by atoms with E-state index in [0.717, 1.165) is 39.5 Å². The Morgan fingerprint density at radius 1 is 0.944 bits per heavy atom. The predicted octanol–water partition coefficient (Wildman–Crippen LogP) is 7.41. The average molecular weight is 532 g/mol. The highest BCUT2D eigenvalue weighted by Crippen LogP contribution is 2.38. The van der Waals surface area contributed by atoms with Gasteiger partial charge in [0.05, 0.1) is 23.1 Å². The minimum absolute atomic E-state index is 0.00615. The van der Waals surface area contributed by atoms with Gasteiger partial charge in [0.2, 0.25) is 0 Å². The number of rotatable bonds is 5. The monoisotopic (exact) mass is 531 g/mol. The zero-order valence-electron chi connectivity index (χ0n) is 19.2. The van der Waals surface area contributed by atoms with E-state index in [1.807, 2.05) is 49.4 Å². The number of para-hydroxylation sites is 1. The van der Waals surface area contributed by atoms with Crippen LogP contribution < -0.4 is 0 Å². The molecule has 2 amide bonds. The number of carbonyl (C=O) groups is 2. The van der Waals surface area contributed by atoms with Gasteiger partial charge in [0.15, 0.2) is 0 Å². The van der Waals surface area contributed by atoms with Gasteiger partial charge in [0.25, 0.3) is 11.1 Å². The zero-order chi connectivity index (χ0) is 25.4. The summed E-state index contributed by atoms with van der Waals surface area (Å²) in [4.78, 5) is 27.6. The number of hydrogen-bond acceptors (Lipinski definition) is 4. The van der Waals surface area contributed by atoms with Gasteiger partial charge in [-0.2, -0.15) is 5.26 Å². The number of fused-ring (bicyclic) bond motifs is 1. The minimum atomic E-state index is -0.382. The number of imide groups is 1. The molecule has 5 rings (SSSR count). The zero-order valence-corrected chi connectivity index (χ0v) is 21.5. The standard InChI is InChI=1S/C28H19Cl2N3O2S/c1-17-21(13-26-27(34)33(28(35)36-26)16-22-23(29)10-6-11-24(22)30)20-9-4-5-12-25(20)32(17)15-19-8-3-2-7-18(19)14-31/h2-13H,15-16H2,1H3/b26-13-. The van der Waals surface area contributed by atoms with Gasteiger partial charge in [-0.1, -0.05) is 65.7 Å². The van der Waals surface area contributed by atoms with E-state index >= 15 is 0 Å². The molecule has 1 fully saturated rings. The van der Waals surface area contributed by atoms with Crippen LogP contribution in [0.2, 0.25) is 10.0 Å². The van der Waals surface area contributed by atoms with E-state index < -0.39 is 0 Å². The van der Waals surface area contributed by atoms with Crippen LogP contribution in [-0.4, -0.2) is 20.6 Å². The summed E-state index contributed by atoms with van der Waals surface area (Å²) in [6.45, 7) is 2.50. The third kappa shape index (κ3) is 4.31. The maximum absolute atomic E-state index is 13.3. The fourth-order valence-electron chi connectivity index (χ4n) is 4.39. The first-order valence-corrected chi connectivity index (χ1v) is 12.7. The number of nitrogens with zero attached hydrogens (tertiary/aromatic N) is 3. The van der Waals surface area contributed by atoms with Gasteiger partial charge < -0.3 is 4.57 Å². The van der Waals surface area contributed by atoms with Crippen molar-refractivity contribution < 1.29 is 9.59 Å². The van der Waals surface area contributed by atoms with Crippen LogP contribution in [0, 0.1) is 18.3 Å². The molecule has 1 aliphatic heterocycles. The maximum atomic E-state index is 13.3. The molecular weight excluding hydrogens is 513 g/mol. The van der Waals surface area contributed by atoms with Gasteiger partial charge in [-0.3, -0.25) is 14.5 Å². The summed E-state index contributed by atoms with van der Waals surface area (Å²) < 4.78 is 2.13. The Morgan fingerprint density at radius 3 is 2.39 bits per heavy atom. The van der Waals surface area contributed by atoms with E-state index in [1.54, 1.807) is 30.3 Å². The van der Waals surface area contributed by atoms with Crippen LogP contribution >= 0.6 is 35.0 Å². The molecule has 2 heterocycles. The Bertz CT molecular complexity index is 1600. The molecule has 1 aliphatic rings. The van der Waals surface area contributed by atoms with Crippen LogP contribution in [0.5, 0.6) is 0 Å². The van der Waals surface area contributed by atoms with Crippen molar-refractivity contribution in [3.8, 4) is 6.07 Å². The number of carbonyl (C=O) groups excluding carboxylic acids is 2. The molecule has 36 heavy (non-hydrogen) atoms. The molecule has 1 saturated heterocycles. The first kappa shape index (κ1) is 24.2. The summed E-state index contributed by atoms with van der Waals surface area (Å²) in [6.07, 6.45) is 1.78. The van der Waals surface area contributed by atoms with Crippen molar-refractivity contribution in [1.82, 2.24) is 9.47 Å². The minimum Gasteiger partial charge on any atom is -0.340 e. The van der Waals surface area contributed by atoms with Gasteiger partial charge in [-0.15, -0.1) is 0 Å². The Kier molecular flexibility index (Phi) is 6.63. The molecule has 5 nitrogen and oxygen atoms in total. The summed E-state index contributed by atoms with van der Waals surface area (Å²) in [7, 11) is 0. The van der Waals surface area contributed by atoms with Crippen molar-refractivity contribution >= 4 is 63.1 Å². The van der Waals surface area contributed by atoms with Gasteiger partial charge >= 0.3 is 0 Å². The number of hydrogen-bond donors (Lipinski definition) is 0. The van der Waals surface area contributed by atoms with Crippen molar-refractivity contribution in [1.29, 1.82) is 5.26 Å². The Balaban J connectivity index is 1.53. The first-order chi connectivity index (χ1) is 17.4. The van der Waals surface area contributed by atoms with E-state index in [4.69, 9.17) is 23.2 Å². The molecule has 0 atom stereocenters. The second kappa shape index (κ2) is 9.87. The van der Waals surface area contributed by atoms with Crippen LogP contribution in [0.3, 0.4) is 0 Å². The molecule has 0 N–H and O–H groups in total. The third-order valence-electron chi connectivity index (χ3n) is 6.27. The van der Waals surface area contributed by atoms with Crippen LogP contribution in [0.4, 0.5) is 4.79 Å². The van der Waals surface area contributed by atoms with Crippen LogP contribution in [0.1, 0.15) is 27.9 Å². The van der Waals surface area contributed by atoms with Crippen molar-refractivity contribution in [3.05, 3.63) is 110 Å². The second-order valence-electron chi connectivity index (χ2n) is 8.34. The van der Waals surface area contributed by atoms with Crippen molar-refractivity contribution in [2.75, 3.05) is 0 Å². The summed E-state index contributed by atoms with van der Waals surface area (Å²) >= 11 is 13.4. The fourth-order valence-corrected chi connectivity index (χ4v) is 5.73. The van der Waals surface area contributed by atoms with E-state index in [-0.39, 0.29) is 17.7 Å². The molecule has 3 aromatic carbocycles. The van der Waals surface area contributed by atoms with E-state index in [1.165, 1.54) is 4.90 Å². The number of amides is 2. The normalized spacial score (nSPS) is 14.7. The highest BCUT2D eigenvalue weighted by atomic mass is 35.5. The van der Waals surface area contributed by atoms with Crippen LogP contribution in [-0.2, 0) is 17.9 Å². The van der Waals surface area contributed by atoms with Gasteiger partial charge in [-0.25, -0.2) is 0 Å². The molecule has 1 aromatic heterocycles. The summed E-state index contributed by atoms with van der Waals surface area (Å²) in [6, 6.07) is 22.8. The van der Waals surface area contributed by atoms with E-state index in [2.05, 4.69) is 10.6 Å². The van der Waals surface area contributed by atoms with Gasteiger partial charge in [0, 0.05) is 44.3 Å². The maximum Gasteiger partial charge on any atom is 0.293 e. The lowest BCUT2D eigenvalue weighted by molar-refractivity contribution is -0.123. The summed E-state index contributed by atoms with van der Waals surface area (Å²) in [5.41, 5.74) is 4.85. The van der Waals surface area contributed by atoms with Crippen molar-refractivity contribution in [2.24, 2.45) is 0 Å². The number of benzene rings is 3. The molecule has 178 valence electrons. The molecule has 0 aliphatic carbocycles. The molecule has 0 spiro atoms. The Hall–Kier alpha value is -3.50. The van der Waals surface area contributed by atoms with Crippen LogP contribution in [0.15, 0.2) is 71.6 Å². The lowest BCUT2D eigenvalue weighted by Gasteiger charge is -2.14. The largest absolute Gasteiger partial charge is 0.340 e. The molecule has 8 heteroatoms. The van der Waals surface area contributed by atoms with Crippen LogP contribution in [0.25, 0.3) is 17.0 Å². The third-order valence-corrected chi connectivity index (χ3v) is 7.89. The van der Waals surface area contributed by atoms with Gasteiger partial charge in [-0.05, 0) is 54.6 Å². The SMILES string of the molecule is Cc1c(/C=C2\SC(=O)N(Cc3c(Cl)cccc3Cl)C2=O)c2ccccc2n1Cc1ccccc1C#N.